The summed E-state index contributed by atoms with van der Waals surface area (Å²) < 4.78 is 16.3. The number of hydrogen-bond acceptors (Lipinski definition) is 5. The second kappa shape index (κ2) is 6.39. The van der Waals surface area contributed by atoms with Crippen LogP contribution in [0.5, 0.6) is 0 Å². The van der Waals surface area contributed by atoms with Crippen molar-refractivity contribution in [2.45, 2.75) is 37.9 Å². The Bertz CT molecular complexity index is 497. The molecule has 1 aliphatic heterocycles. The molecular formula is C16H20O5. The molecule has 1 saturated heterocycles. The van der Waals surface area contributed by atoms with Crippen LogP contribution in [0, 0.1) is 0 Å². The minimum absolute atomic E-state index is 0.165. The van der Waals surface area contributed by atoms with Crippen molar-refractivity contribution in [3.63, 3.8) is 0 Å². The molecule has 1 aromatic carbocycles. The largest absolute Gasteiger partial charge is 0.459 e. The topological polar surface area (TPSA) is 65.0 Å². The van der Waals surface area contributed by atoms with Gasteiger partial charge in [-0.25, -0.2) is 4.79 Å². The smallest absolute Gasteiger partial charge is 0.338 e. The van der Waals surface area contributed by atoms with E-state index in [1.807, 2.05) is 6.07 Å². The van der Waals surface area contributed by atoms with Gasteiger partial charge in [-0.3, -0.25) is 0 Å². The number of benzene rings is 1. The zero-order valence-corrected chi connectivity index (χ0v) is 12.2. The Balaban J connectivity index is 1.91. The predicted molar refractivity (Wildman–Crippen MR) is 76.8 cm³/mol. The molecule has 0 saturated carbocycles. The van der Waals surface area contributed by atoms with Crippen LogP contribution in [0.25, 0.3) is 0 Å². The summed E-state index contributed by atoms with van der Waals surface area (Å²) in [6.45, 7) is 7.01. The van der Waals surface area contributed by atoms with Crippen LogP contribution >= 0.6 is 0 Å². The first-order valence-electron chi connectivity index (χ1n) is 6.81. The molecule has 0 radical (unpaired) electrons. The minimum Gasteiger partial charge on any atom is -0.459 e. The van der Waals surface area contributed by atoms with Crippen molar-refractivity contribution in [2.75, 3.05) is 6.61 Å². The first-order chi connectivity index (χ1) is 9.93. The number of carbonyl (C=O) groups is 1. The fraction of sp³-hybridized carbons (Fsp3) is 0.438. The normalized spacial score (nSPS) is 25.3. The molecule has 1 N–H and O–H groups in total. The molecule has 0 amide bonds. The fourth-order valence-corrected chi connectivity index (χ4v) is 2.21. The van der Waals surface area contributed by atoms with Crippen LogP contribution < -0.4 is 0 Å². The Morgan fingerprint density at radius 1 is 1.43 bits per heavy atom. The van der Waals surface area contributed by atoms with Gasteiger partial charge in [0.15, 0.2) is 5.79 Å². The summed E-state index contributed by atoms with van der Waals surface area (Å²) in [5.41, 5.74) is 0.439. The Morgan fingerprint density at radius 2 is 2.10 bits per heavy atom. The first kappa shape index (κ1) is 15.7. The summed E-state index contributed by atoms with van der Waals surface area (Å²) in [6, 6.07) is 8.61. The summed E-state index contributed by atoms with van der Waals surface area (Å²) in [5, 5.41) is 10.1. The van der Waals surface area contributed by atoms with Gasteiger partial charge in [0.2, 0.25) is 0 Å². The molecule has 2 rings (SSSR count). The van der Waals surface area contributed by atoms with E-state index in [1.54, 1.807) is 44.2 Å². The molecule has 0 spiro atoms. The standard InChI is InChI=1S/C16H20O5/c1-4-13-14(21-16(2,3)20-13)12(17)10-19-15(18)11-8-6-5-7-9-11/h4-9,12-14,17H,1,10H2,2-3H3/t12-,13+,14-/m1/s1. The number of aliphatic hydroxyl groups is 1. The number of hydrogen-bond donors (Lipinski definition) is 1. The van der Waals surface area contributed by atoms with Gasteiger partial charge in [-0.2, -0.15) is 0 Å². The van der Waals surface area contributed by atoms with Crippen molar-refractivity contribution in [1.82, 2.24) is 0 Å². The predicted octanol–water partition coefficient (Wildman–Crippen LogP) is 1.91. The summed E-state index contributed by atoms with van der Waals surface area (Å²) in [5.74, 6) is -1.28. The highest BCUT2D eigenvalue weighted by atomic mass is 16.8. The van der Waals surface area contributed by atoms with Crippen molar-refractivity contribution in [3.8, 4) is 0 Å². The van der Waals surface area contributed by atoms with Gasteiger partial charge in [0.25, 0.3) is 0 Å². The number of esters is 1. The van der Waals surface area contributed by atoms with Crippen LogP contribution in [-0.2, 0) is 14.2 Å². The average Bonchev–Trinajstić information content (AvgIpc) is 2.80. The summed E-state index contributed by atoms with van der Waals surface area (Å²) in [6.07, 6.45) is -0.462. The molecule has 114 valence electrons. The molecule has 5 nitrogen and oxygen atoms in total. The Hall–Kier alpha value is -1.69. The van der Waals surface area contributed by atoms with Crippen molar-refractivity contribution in [2.24, 2.45) is 0 Å². The number of rotatable bonds is 5. The first-order valence-corrected chi connectivity index (χ1v) is 6.81. The fourth-order valence-electron chi connectivity index (χ4n) is 2.21. The van der Waals surface area contributed by atoms with Crippen LogP contribution in [0.3, 0.4) is 0 Å². The van der Waals surface area contributed by atoms with Gasteiger partial charge in [0.1, 0.15) is 24.9 Å². The minimum atomic E-state index is -0.984. The maximum atomic E-state index is 11.8. The van der Waals surface area contributed by atoms with Gasteiger partial charge in [-0.15, -0.1) is 6.58 Å². The van der Waals surface area contributed by atoms with Gasteiger partial charge in [-0.05, 0) is 26.0 Å². The number of carbonyl (C=O) groups excluding carboxylic acids is 1. The maximum Gasteiger partial charge on any atom is 0.338 e. The van der Waals surface area contributed by atoms with E-state index < -0.39 is 30.1 Å². The van der Waals surface area contributed by atoms with Crippen LogP contribution in [0.4, 0.5) is 0 Å². The second-order valence-corrected chi connectivity index (χ2v) is 5.33. The monoisotopic (exact) mass is 292 g/mol. The van der Waals surface area contributed by atoms with E-state index in [4.69, 9.17) is 14.2 Å². The highest BCUT2D eigenvalue weighted by Gasteiger charge is 2.43. The third-order valence-corrected chi connectivity index (χ3v) is 3.17. The van der Waals surface area contributed by atoms with E-state index in [0.717, 1.165) is 0 Å². The zero-order valence-electron chi connectivity index (χ0n) is 12.2. The SMILES string of the molecule is C=C[C@@H]1OC(C)(C)O[C@@H]1[C@H](O)COC(=O)c1ccccc1. The Morgan fingerprint density at radius 3 is 2.71 bits per heavy atom. The van der Waals surface area contributed by atoms with Gasteiger partial charge < -0.3 is 19.3 Å². The van der Waals surface area contributed by atoms with Crippen molar-refractivity contribution < 1.29 is 24.1 Å². The average molecular weight is 292 g/mol. The molecule has 0 bridgehead atoms. The molecule has 5 heteroatoms. The van der Waals surface area contributed by atoms with E-state index in [2.05, 4.69) is 6.58 Å². The Kier molecular flexibility index (Phi) is 4.77. The van der Waals surface area contributed by atoms with E-state index >= 15 is 0 Å². The molecule has 0 unspecified atom stereocenters. The molecule has 0 aliphatic carbocycles. The van der Waals surface area contributed by atoms with E-state index in [9.17, 15) is 9.90 Å². The van der Waals surface area contributed by atoms with Crippen molar-refractivity contribution in [1.29, 1.82) is 0 Å². The molecule has 3 atom stereocenters. The number of ether oxygens (including phenoxy) is 3. The van der Waals surface area contributed by atoms with E-state index in [0.29, 0.717) is 5.56 Å². The molecule has 1 aromatic rings. The lowest BCUT2D eigenvalue weighted by molar-refractivity contribution is -0.155. The third-order valence-electron chi connectivity index (χ3n) is 3.17. The molecule has 1 fully saturated rings. The molecule has 0 aromatic heterocycles. The third kappa shape index (κ3) is 3.91. The summed E-state index contributed by atoms with van der Waals surface area (Å²) in [4.78, 5) is 11.8. The Labute approximate surface area is 124 Å². The lowest BCUT2D eigenvalue weighted by atomic mass is 10.1. The lowest BCUT2D eigenvalue weighted by Gasteiger charge is -2.21. The number of aliphatic hydroxyl groups excluding tert-OH is 1. The molecule has 1 aliphatic rings. The van der Waals surface area contributed by atoms with Crippen LogP contribution in [-0.4, -0.2) is 41.8 Å². The van der Waals surface area contributed by atoms with Crippen LogP contribution in [0.2, 0.25) is 0 Å². The highest BCUT2D eigenvalue weighted by Crippen LogP contribution is 2.30. The van der Waals surface area contributed by atoms with Gasteiger partial charge in [0, 0.05) is 0 Å². The molecular weight excluding hydrogens is 272 g/mol. The quantitative estimate of drug-likeness (QED) is 0.663. The highest BCUT2D eigenvalue weighted by molar-refractivity contribution is 5.89. The van der Waals surface area contributed by atoms with Crippen molar-refractivity contribution >= 4 is 5.97 Å². The second-order valence-electron chi connectivity index (χ2n) is 5.33. The van der Waals surface area contributed by atoms with Crippen LogP contribution in [0.1, 0.15) is 24.2 Å². The van der Waals surface area contributed by atoms with Crippen molar-refractivity contribution in [3.05, 3.63) is 48.6 Å². The van der Waals surface area contributed by atoms with Gasteiger partial charge in [0.05, 0.1) is 5.56 Å². The lowest BCUT2D eigenvalue weighted by Crippen LogP contribution is -2.38. The van der Waals surface area contributed by atoms with E-state index in [-0.39, 0.29) is 6.61 Å². The van der Waals surface area contributed by atoms with Gasteiger partial charge in [-0.1, -0.05) is 24.3 Å². The summed E-state index contributed by atoms with van der Waals surface area (Å²) >= 11 is 0. The zero-order chi connectivity index (χ0) is 15.5. The van der Waals surface area contributed by atoms with E-state index in [1.165, 1.54) is 0 Å². The maximum absolute atomic E-state index is 11.8. The molecule has 1 heterocycles. The van der Waals surface area contributed by atoms with Gasteiger partial charge >= 0.3 is 5.97 Å². The van der Waals surface area contributed by atoms with Crippen LogP contribution in [0.15, 0.2) is 43.0 Å². The molecule has 21 heavy (non-hydrogen) atoms. The summed E-state index contributed by atoms with van der Waals surface area (Å²) in [7, 11) is 0.